The molecule has 1 amide bonds. The number of aromatic nitrogens is 1. The van der Waals surface area contributed by atoms with Gasteiger partial charge in [-0.15, -0.1) is 0 Å². The van der Waals surface area contributed by atoms with E-state index in [1.807, 2.05) is 21.7 Å². The highest BCUT2D eigenvalue weighted by Crippen LogP contribution is 2.21. The largest absolute Gasteiger partial charge is 0.343 e. The van der Waals surface area contributed by atoms with Crippen LogP contribution in [0, 0.1) is 5.92 Å². The maximum absolute atomic E-state index is 12.6. The van der Waals surface area contributed by atoms with E-state index in [9.17, 15) is 4.79 Å². The van der Waals surface area contributed by atoms with E-state index in [-0.39, 0.29) is 5.91 Å². The summed E-state index contributed by atoms with van der Waals surface area (Å²) in [5.74, 6) is 0.878. The summed E-state index contributed by atoms with van der Waals surface area (Å²) in [4.78, 5) is 14.6. The van der Waals surface area contributed by atoms with Gasteiger partial charge in [-0.05, 0) is 60.8 Å². The molecule has 1 aliphatic heterocycles. The Morgan fingerprint density at radius 2 is 2.10 bits per heavy atom. The Morgan fingerprint density at radius 3 is 2.70 bits per heavy atom. The number of aryl methyl sites for hydroxylation is 1. The first-order valence-corrected chi connectivity index (χ1v) is 8.30. The average molecular weight is 342 g/mol. The maximum Gasteiger partial charge on any atom is 0.270 e. The van der Waals surface area contributed by atoms with Gasteiger partial charge in [0.15, 0.2) is 0 Å². The lowest BCUT2D eigenvalue weighted by atomic mass is 9.96. The molecule has 1 aromatic rings. The first-order valence-electron chi connectivity index (χ1n) is 7.51. The zero-order valence-electron chi connectivity index (χ0n) is 12.4. The van der Waals surface area contributed by atoms with Gasteiger partial charge in [-0.1, -0.05) is 6.92 Å². The fourth-order valence-corrected chi connectivity index (χ4v) is 3.23. The van der Waals surface area contributed by atoms with Crippen molar-refractivity contribution in [1.29, 1.82) is 0 Å². The number of piperidine rings is 1. The van der Waals surface area contributed by atoms with E-state index in [4.69, 9.17) is 0 Å². The summed E-state index contributed by atoms with van der Waals surface area (Å²) in [6.45, 7) is 8.88. The lowest BCUT2D eigenvalue weighted by molar-refractivity contribution is 0.0679. The average Bonchev–Trinajstić information content (AvgIpc) is 2.86. The molecule has 0 bridgehead atoms. The summed E-state index contributed by atoms with van der Waals surface area (Å²) in [6, 6.07) is 1.93. The lowest BCUT2D eigenvalue weighted by Crippen LogP contribution is -2.41. The van der Waals surface area contributed by atoms with Crippen LogP contribution >= 0.6 is 15.9 Å². The van der Waals surface area contributed by atoms with E-state index in [0.717, 1.165) is 55.7 Å². The van der Waals surface area contributed by atoms with Crippen LogP contribution in [-0.2, 0) is 6.54 Å². The van der Waals surface area contributed by atoms with Gasteiger partial charge in [0.2, 0.25) is 0 Å². The van der Waals surface area contributed by atoms with Crippen molar-refractivity contribution < 1.29 is 4.79 Å². The molecule has 1 fully saturated rings. The van der Waals surface area contributed by atoms with Crippen LogP contribution in [0.3, 0.4) is 0 Å². The quantitative estimate of drug-likeness (QED) is 0.893. The molecule has 0 radical (unpaired) electrons. The Bertz CT molecular complexity index is 450. The van der Waals surface area contributed by atoms with Crippen molar-refractivity contribution in [2.45, 2.75) is 33.2 Å². The van der Waals surface area contributed by atoms with Crippen LogP contribution in [0.1, 0.15) is 37.2 Å². The van der Waals surface area contributed by atoms with Gasteiger partial charge < -0.3 is 14.8 Å². The number of halogens is 1. The predicted octanol–water partition coefficient (Wildman–Crippen LogP) is 2.73. The topological polar surface area (TPSA) is 37.3 Å². The summed E-state index contributed by atoms with van der Waals surface area (Å²) in [7, 11) is 0. The molecule has 2 heterocycles. The molecule has 112 valence electrons. The van der Waals surface area contributed by atoms with Crippen LogP contribution in [0.15, 0.2) is 16.7 Å². The first-order chi connectivity index (χ1) is 9.65. The summed E-state index contributed by atoms with van der Waals surface area (Å²) in [6.07, 6.45) is 4.19. The molecule has 0 aromatic carbocycles. The van der Waals surface area contributed by atoms with E-state index >= 15 is 0 Å². The molecule has 1 N–H and O–H groups in total. The number of hydrogen-bond donors (Lipinski definition) is 1. The van der Waals surface area contributed by atoms with Crippen LogP contribution in [0.5, 0.6) is 0 Å². The normalized spacial score (nSPS) is 16.6. The third-order valence-electron chi connectivity index (χ3n) is 4.01. The lowest BCUT2D eigenvalue weighted by Gasteiger charge is -2.32. The molecule has 5 heteroatoms. The summed E-state index contributed by atoms with van der Waals surface area (Å²) < 4.78 is 2.99. The highest BCUT2D eigenvalue weighted by Gasteiger charge is 2.25. The van der Waals surface area contributed by atoms with Crippen molar-refractivity contribution in [3.63, 3.8) is 0 Å². The summed E-state index contributed by atoms with van der Waals surface area (Å²) >= 11 is 3.45. The maximum atomic E-state index is 12.6. The molecule has 0 unspecified atom stereocenters. The number of nitrogens with one attached hydrogen (secondary N) is 1. The SMILES string of the molecule is CCNCC1CCN(C(=O)c2cc(Br)cn2CC)CC1. The molecular weight excluding hydrogens is 318 g/mol. The molecule has 2 rings (SSSR count). The van der Waals surface area contributed by atoms with Gasteiger partial charge in [-0.3, -0.25) is 4.79 Å². The third-order valence-corrected chi connectivity index (χ3v) is 4.44. The van der Waals surface area contributed by atoms with E-state index in [0.29, 0.717) is 5.92 Å². The van der Waals surface area contributed by atoms with Crippen LogP contribution < -0.4 is 5.32 Å². The Hall–Kier alpha value is -0.810. The number of hydrogen-bond acceptors (Lipinski definition) is 2. The second kappa shape index (κ2) is 7.27. The van der Waals surface area contributed by atoms with Gasteiger partial charge in [0.25, 0.3) is 5.91 Å². The fraction of sp³-hybridized carbons (Fsp3) is 0.667. The molecule has 4 nitrogen and oxygen atoms in total. The number of carbonyl (C=O) groups is 1. The molecule has 0 saturated carbocycles. The van der Waals surface area contributed by atoms with Crippen LogP contribution in [0.25, 0.3) is 0 Å². The number of amides is 1. The van der Waals surface area contributed by atoms with Gasteiger partial charge in [0.1, 0.15) is 5.69 Å². The molecular formula is C15H24BrN3O. The van der Waals surface area contributed by atoms with Gasteiger partial charge in [-0.25, -0.2) is 0 Å². The van der Waals surface area contributed by atoms with E-state index < -0.39 is 0 Å². The monoisotopic (exact) mass is 341 g/mol. The third kappa shape index (κ3) is 3.64. The minimum atomic E-state index is 0.166. The van der Waals surface area contributed by atoms with Crippen molar-refractivity contribution in [3.05, 3.63) is 22.4 Å². The van der Waals surface area contributed by atoms with E-state index in [1.165, 1.54) is 0 Å². The molecule has 1 saturated heterocycles. The smallest absolute Gasteiger partial charge is 0.270 e. The second-order valence-corrected chi connectivity index (χ2v) is 6.29. The molecule has 1 aromatic heterocycles. The molecule has 1 aliphatic rings. The fourth-order valence-electron chi connectivity index (χ4n) is 2.77. The Morgan fingerprint density at radius 1 is 1.40 bits per heavy atom. The number of nitrogens with zero attached hydrogens (tertiary/aromatic N) is 2. The van der Waals surface area contributed by atoms with Crippen LogP contribution in [0.4, 0.5) is 0 Å². The molecule has 0 atom stereocenters. The number of carbonyl (C=O) groups excluding carboxylic acids is 1. The summed E-state index contributed by atoms with van der Waals surface area (Å²) in [5.41, 5.74) is 0.796. The Balaban J connectivity index is 1.94. The highest BCUT2D eigenvalue weighted by molar-refractivity contribution is 9.10. The second-order valence-electron chi connectivity index (χ2n) is 5.37. The zero-order valence-corrected chi connectivity index (χ0v) is 13.9. The highest BCUT2D eigenvalue weighted by atomic mass is 79.9. The van der Waals surface area contributed by atoms with Crippen molar-refractivity contribution in [2.75, 3.05) is 26.2 Å². The minimum Gasteiger partial charge on any atom is -0.343 e. The van der Waals surface area contributed by atoms with Gasteiger partial charge in [0, 0.05) is 30.3 Å². The van der Waals surface area contributed by atoms with E-state index in [1.54, 1.807) is 0 Å². The Kier molecular flexibility index (Phi) is 5.66. The van der Waals surface area contributed by atoms with Crippen LogP contribution in [0.2, 0.25) is 0 Å². The minimum absolute atomic E-state index is 0.166. The van der Waals surface area contributed by atoms with Crippen molar-refractivity contribution >= 4 is 21.8 Å². The van der Waals surface area contributed by atoms with Crippen LogP contribution in [-0.4, -0.2) is 41.6 Å². The standard InChI is InChI=1S/C15H24BrN3O/c1-3-17-10-12-5-7-19(8-6-12)15(20)14-9-13(16)11-18(14)4-2/h9,11-12,17H,3-8,10H2,1-2H3. The predicted molar refractivity (Wildman–Crippen MR) is 85.0 cm³/mol. The van der Waals surface area contributed by atoms with Gasteiger partial charge >= 0.3 is 0 Å². The van der Waals surface area contributed by atoms with Crippen molar-refractivity contribution in [1.82, 2.24) is 14.8 Å². The molecule has 0 aliphatic carbocycles. The van der Waals surface area contributed by atoms with Gasteiger partial charge in [0.05, 0.1) is 0 Å². The first kappa shape index (κ1) is 15.6. The Labute approximate surface area is 129 Å². The number of rotatable bonds is 5. The summed E-state index contributed by atoms with van der Waals surface area (Å²) in [5, 5.41) is 3.40. The molecule has 20 heavy (non-hydrogen) atoms. The molecule has 0 spiro atoms. The van der Waals surface area contributed by atoms with Crippen molar-refractivity contribution in [3.8, 4) is 0 Å². The zero-order chi connectivity index (χ0) is 14.5. The van der Waals surface area contributed by atoms with Crippen molar-refractivity contribution in [2.24, 2.45) is 5.92 Å². The van der Waals surface area contributed by atoms with Gasteiger partial charge in [-0.2, -0.15) is 0 Å². The number of likely N-dealkylation sites (tertiary alicyclic amines) is 1. The van der Waals surface area contributed by atoms with E-state index in [2.05, 4.69) is 35.1 Å².